The number of hydrogen-bond donors (Lipinski definition) is 0. The molecule has 2 rings (SSSR count). The van der Waals surface area contributed by atoms with Crippen molar-refractivity contribution < 1.29 is 0 Å². The van der Waals surface area contributed by atoms with E-state index in [0.29, 0.717) is 16.0 Å². The first-order valence-electron chi connectivity index (χ1n) is 4.83. The third-order valence-corrected chi connectivity index (χ3v) is 3.08. The van der Waals surface area contributed by atoms with Crippen molar-refractivity contribution in [3.8, 4) is 0 Å². The lowest BCUT2D eigenvalue weighted by Crippen LogP contribution is -1.96. The van der Waals surface area contributed by atoms with Crippen molar-refractivity contribution in [2.75, 3.05) is 0 Å². The Morgan fingerprint density at radius 3 is 2.80 bits per heavy atom. The normalized spacial score (nSPS) is 11.2. The molecular formula is C10H11Cl2N3. The fraction of sp³-hybridized carbons (Fsp3) is 0.400. The molecule has 0 amide bonds. The second kappa shape index (κ2) is 3.99. The maximum Gasteiger partial charge on any atom is 0.158 e. The average Bonchev–Trinajstić information content (AvgIpc) is 2.58. The van der Waals surface area contributed by atoms with Crippen molar-refractivity contribution in [3.63, 3.8) is 0 Å². The van der Waals surface area contributed by atoms with E-state index in [1.807, 2.05) is 13.0 Å². The first-order valence-corrected chi connectivity index (χ1v) is 5.59. The molecule has 0 bridgehead atoms. The Bertz CT molecular complexity index is 505. The van der Waals surface area contributed by atoms with Gasteiger partial charge in [0.2, 0.25) is 0 Å². The first-order chi connectivity index (χ1) is 7.13. The second-order valence-corrected chi connectivity index (χ2v) is 4.19. The van der Waals surface area contributed by atoms with Crippen molar-refractivity contribution in [2.45, 2.75) is 26.7 Å². The molecule has 0 radical (unpaired) electrons. The van der Waals surface area contributed by atoms with Crippen LogP contribution in [0.3, 0.4) is 0 Å². The average molecular weight is 244 g/mol. The molecule has 3 nitrogen and oxygen atoms in total. The lowest BCUT2D eigenvalue weighted by Gasteiger charge is -2.01. The first kappa shape index (κ1) is 10.7. The Morgan fingerprint density at radius 2 is 2.13 bits per heavy atom. The van der Waals surface area contributed by atoms with E-state index < -0.39 is 0 Å². The number of aryl methyl sites for hydroxylation is 1. The Morgan fingerprint density at radius 1 is 1.40 bits per heavy atom. The quantitative estimate of drug-likeness (QED) is 0.758. The van der Waals surface area contributed by atoms with Gasteiger partial charge in [0, 0.05) is 11.6 Å². The van der Waals surface area contributed by atoms with Crippen LogP contribution in [-0.4, -0.2) is 14.6 Å². The fourth-order valence-corrected chi connectivity index (χ4v) is 1.89. The number of halogens is 2. The minimum atomic E-state index is 0.440. The van der Waals surface area contributed by atoms with Gasteiger partial charge >= 0.3 is 0 Å². The van der Waals surface area contributed by atoms with Crippen molar-refractivity contribution in [2.24, 2.45) is 0 Å². The molecule has 0 saturated carbocycles. The van der Waals surface area contributed by atoms with Crippen LogP contribution in [-0.2, 0) is 6.42 Å². The standard InChI is InChI=1S/C10H11Cl2N3/c1-3-4-7-5-8-13-9(11)6(2)10(12)15(8)14-7/h5H,3-4H2,1-2H3. The number of aromatic nitrogens is 3. The Kier molecular flexibility index (Phi) is 2.85. The van der Waals surface area contributed by atoms with E-state index in [0.717, 1.165) is 24.1 Å². The minimum Gasteiger partial charge on any atom is -0.216 e. The number of nitrogens with zero attached hydrogens (tertiary/aromatic N) is 3. The molecule has 0 aliphatic carbocycles. The number of hydrogen-bond acceptors (Lipinski definition) is 2. The van der Waals surface area contributed by atoms with Crippen LogP contribution in [0.5, 0.6) is 0 Å². The third-order valence-electron chi connectivity index (χ3n) is 2.26. The maximum atomic E-state index is 6.12. The molecule has 0 aliphatic rings. The van der Waals surface area contributed by atoms with Crippen molar-refractivity contribution in [1.82, 2.24) is 14.6 Å². The van der Waals surface area contributed by atoms with E-state index in [2.05, 4.69) is 17.0 Å². The summed E-state index contributed by atoms with van der Waals surface area (Å²) in [5, 5.41) is 5.34. The van der Waals surface area contributed by atoms with Gasteiger partial charge in [0.05, 0.1) is 5.69 Å². The van der Waals surface area contributed by atoms with Crippen LogP contribution in [0.25, 0.3) is 5.65 Å². The zero-order valence-electron chi connectivity index (χ0n) is 8.59. The molecule has 2 aromatic heterocycles. The molecule has 2 aromatic rings. The summed E-state index contributed by atoms with van der Waals surface area (Å²) < 4.78 is 1.63. The van der Waals surface area contributed by atoms with E-state index in [1.165, 1.54) is 0 Å². The highest BCUT2D eigenvalue weighted by Gasteiger charge is 2.10. The minimum absolute atomic E-state index is 0.440. The van der Waals surface area contributed by atoms with Crippen LogP contribution in [0, 0.1) is 6.92 Å². The van der Waals surface area contributed by atoms with Crippen molar-refractivity contribution >= 4 is 28.8 Å². The van der Waals surface area contributed by atoms with Gasteiger partial charge in [-0.1, -0.05) is 36.5 Å². The predicted molar refractivity (Wildman–Crippen MR) is 61.7 cm³/mol. The van der Waals surface area contributed by atoms with Crippen LogP contribution < -0.4 is 0 Å². The van der Waals surface area contributed by atoms with Crippen LogP contribution in [0.1, 0.15) is 24.6 Å². The van der Waals surface area contributed by atoms with E-state index in [4.69, 9.17) is 23.2 Å². The van der Waals surface area contributed by atoms with Crippen molar-refractivity contribution in [1.29, 1.82) is 0 Å². The van der Waals surface area contributed by atoms with Gasteiger partial charge in [-0.2, -0.15) is 5.10 Å². The number of fused-ring (bicyclic) bond motifs is 1. The molecule has 0 atom stereocenters. The summed E-state index contributed by atoms with van der Waals surface area (Å²) in [7, 11) is 0. The molecule has 0 unspecified atom stereocenters. The zero-order chi connectivity index (χ0) is 11.0. The van der Waals surface area contributed by atoms with Crippen LogP contribution in [0.15, 0.2) is 6.07 Å². The lowest BCUT2D eigenvalue weighted by atomic mass is 10.2. The highest BCUT2D eigenvalue weighted by Crippen LogP contribution is 2.23. The lowest BCUT2D eigenvalue weighted by molar-refractivity contribution is 0.830. The van der Waals surface area contributed by atoms with Crippen molar-refractivity contribution in [3.05, 3.63) is 27.6 Å². The van der Waals surface area contributed by atoms with Crippen LogP contribution in [0.4, 0.5) is 0 Å². The maximum absolute atomic E-state index is 6.12. The largest absolute Gasteiger partial charge is 0.216 e. The summed E-state index contributed by atoms with van der Waals surface area (Å²) in [5.41, 5.74) is 2.46. The molecule has 15 heavy (non-hydrogen) atoms. The van der Waals surface area contributed by atoms with E-state index in [-0.39, 0.29) is 0 Å². The molecule has 0 fully saturated rings. The van der Waals surface area contributed by atoms with E-state index >= 15 is 0 Å². The molecule has 0 spiro atoms. The molecule has 80 valence electrons. The second-order valence-electron chi connectivity index (χ2n) is 3.47. The molecule has 0 saturated heterocycles. The van der Waals surface area contributed by atoms with Gasteiger partial charge in [0.15, 0.2) is 5.65 Å². The molecule has 0 aliphatic heterocycles. The zero-order valence-corrected chi connectivity index (χ0v) is 10.1. The molecule has 5 heteroatoms. The number of rotatable bonds is 2. The van der Waals surface area contributed by atoms with Gasteiger partial charge in [-0.05, 0) is 13.3 Å². The summed E-state index contributed by atoms with van der Waals surface area (Å²) >= 11 is 12.1. The fourth-order valence-electron chi connectivity index (χ4n) is 1.45. The third kappa shape index (κ3) is 1.82. The molecule has 0 N–H and O–H groups in total. The molecule has 2 heterocycles. The topological polar surface area (TPSA) is 30.2 Å². The molecular weight excluding hydrogens is 233 g/mol. The Labute approximate surface area is 98.0 Å². The summed E-state index contributed by atoms with van der Waals surface area (Å²) in [6.45, 7) is 3.94. The van der Waals surface area contributed by atoms with Gasteiger partial charge in [0.25, 0.3) is 0 Å². The molecule has 0 aromatic carbocycles. The summed E-state index contributed by atoms with van der Waals surface area (Å²) in [5.74, 6) is 0. The van der Waals surface area contributed by atoms with Gasteiger partial charge < -0.3 is 0 Å². The van der Waals surface area contributed by atoms with Crippen LogP contribution >= 0.6 is 23.2 Å². The summed E-state index contributed by atoms with van der Waals surface area (Å²) in [4.78, 5) is 4.22. The monoisotopic (exact) mass is 243 g/mol. The summed E-state index contributed by atoms with van der Waals surface area (Å²) in [6.07, 6.45) is 1.98. The highest BCUT2D eigenvalue weighted by molar-refractivity contribution is 6.34. The van der Waals surface area contributed by atoms with E-state index in [1.54, 1.807) is 4.52 Å². The Balaban J connectivity index is 2.65. The summed E-state index contributed by atoms with van der Waals surface area (Å²) in [6, 6.07) is 1.92. The van der Waals surface area contributed by atoms with E-state index in [9.17, 15) is 0 Å². The van der Waals surface area contributed by atoms with Gasteiger partial charge in [0.1, 0.15) is 10.3 Å². The smallest absolute Gasteiger partial charge is 0.158 e. The predicted octanol–water partition coefficient (Wildman–Crippen LogP) is 3.30. The van der Waals surface area contributed by atoms with Gasteiger partial charge in [-0.15, -0.1) is 0 Å². The van der Waals surface area contributed by atoms with Gasteiger partial charge in [-0.3, -0.25) is 0 Å². The Hall–Kier alpha value is -0.800. The SMILES string of the molecule is CCCc1cc2nc(Cl)c(C)c(Cl)n2n1. The van der Waals surface area contributed by atoms with Gasteiger partial charge in [-0.25, -0.2) is 9.50 Å². The highest BCUT2D eigenvalue weighted by atomic mass is 35.5. The van der Waals surface area contributed by atoms with Crippen LogP contribution in [0.2, 0.25) is 10.3 Å².